The van der Waals surface area contributed by atoms with E-state index in [0.717, 1.165) is 25.8 Å². The van der Waals surface area contributed by atoms with Gasteiger partial charge < -0.3 is 14.3 Å². The van der Waals surface area contributed by atoms with Crippen molar-refractivity contribution in [2.24, 2.45) is 0 Å². The van der Waals surface area contributed by atoms with Gasteiger partial charge in [0.15, 0.2) is 0 Å². The number of carboxylic acid groups (broad SMARTS) is 1. The Morgan fingerprint density at radius 2 is 2.12 bits per heavy atom. The molecule has 126 valence electrons. The first kappa shape index (κ1) is 15.4. The summed E-state index contributed by atoms with van der Waals surface area (Å²) < 4.78 is 11.7. The maximum absolute atomic E-state index is 11.0. The molecule has 0 bridgehead atoms. The second-order valence-corrected chi connectivity index (χ2v) is 6.60. The topological polar surface area (TPSA) is 62.9 Å². The molecule has 0 radical (unpaired) electrons. The Morgan fingerprint density at radius 1 is 1.29 bits per heavy atom. The van der Waals surface area contributed by atoms with Crippen LogP contribution < -0.4 is 0 Å². The van der Waals surface area contributed by atoms with Crippen molar-refractivity contribution in [3.8, 4) is 0 Å². The van der Waals surface area contributed by atoms with E-state index in [2.05, 4.69) is 29.2 Å². The van der Waals surface area contributed by atoms with Crippen molar-refractivity contribution >= 4 is 5.97 Å². The van der Waals surface area contributed by atoms with Gasteiger partial charge in [0.05, 0.1) is 24.3 Å². The molecule has 2 aliphatic heterocycles. The Labute approximate surface area is 140 Å². The summed E-state index contributed by atoms with van der Waals surface area (Å²) in [6.07, 6.45) is 4.86. The van der Waals surface area contributed by atoms with E-state index in [0.29, 0.717) is 18.3 Å². The molecular formula is C19H21NO4. The lowest BCUT2D eigenvalue weighted by atomic mass is 9.95. The highest BCUT2D eigenvalue weighted by atomic mass is 16.5. The fourth-order valence-corrected chi connectivity index (χ4v) is 3.89. The second-order valence-electron chi connectivity index (χ2n) is 6.60. The molecule has 1 aromatic carbocycles. The van der Waals surface area contributed by atoms with Crippen molar-refractivity contribution in [1.82, 2.24) is 4.90 Å². The summed E-state index contributed by atoms with van der Waals surface area (Å²) in [5.74, 6) is -0.244. The molecule has 0 unspecified atom stereocenters. The monoisotopic (exact) mass is 327 g/mol. The number of rotatable bonds is 4. The van der Waals surface area contributed by atoms with Crippen LogP contribution in [0.3, 0.4) is 0 Å². The molecule has 24 heavy (non-hydrogen) atoms. The number of benzene rings is 1. The van der Waals surface area contributed by atoms with Crippen molar-refractivity contribution < 1.29 is 19.1 Å². The zero-order valence-corrected chi connectivity index (χ0v) is 13.4. The number of carbonyl (C=O) groups is 1. The van der Waals surface area contributed by atoms with Gasteiger partial charge in [0.25, 0.3) is 0 Å². The first-order valence-electron chi connectivity index (χ1n) is 8.46. The highest BCUT2D eigenvalue weighted by Gasteiger charge is 2.41. The highest BCUT2D eigenvalue weighted by Crippen LogP contribution is 2.40. The smallest absolute Gasteiger partial charge is 0.338 e. The number of hydrogen-bond acceptors (Lipinski definition) is 4. The van der Waals surface area contributed by atoms with E-state index in [1.807, 2.05) is 6.07 Å². The minimum absolute atomic E-state index is 0.146. The Morgan fingerprint density at radius 3 is 2.88 bits per heavy atom. The Kier molecular flexibility index (Phi) is 4.12. The van der Waals surface area contributed by atoms with Gasteiger partial charge >= 0.3 is 5.97 Å². The molecule has 0 aliphatic carbocycles. The average molecular weight is 327 g/mol. The normalized spacial score (nSPS) is 27.1. The van der Waals surface area contributed by atoms with E-state index >= 15 is 0 Å². The number of likely N-dealkylation sites (tertiary alicyclic amines) is 1. The van der Waals surface area contributed by atoms with Crippen LogP contribution in [-0.4, -0.2) is 34.7 Å². The van der Waals surface area contributed by atoms with Gasteiger partial charge in [-0.15, -0.1) is 0 Å². The summed E-state index contributed by atoms with van der Waals surface area (Å²) >= 11 is 0. The van der Waals surface area contributed by atoms with Gasteiger partial charge in [0.2, 0.25) is 0 Å². The molecular weight excluding hydrogens is 306 g/mol. The molecule has 2 saturated heterocycles. The van der Waals surface area contributed by atoms with Gasteiger partial charge in [0, 0.05) is 6.04 Å². The van der Waals surface area contributed by atoms with Crippen molar-refractivity contribution in [1.29, 1.82) is 0 Å². The van der Waals surface area contributed by atoms with E-state index < -0.39 is 5.97 Å². The lowest BCUT2D eigenvalue weighted by Gasteiger charge is -2.35. The summed E-state index contributed by atoms with van der Waals surface area (Å²) in [7, 11) is 0. The molecule has 3 atom stereocenters. The zero-order chi connectivity index (χ0) is 16.5. The minimum atomic E-state index is -0.949. The van der Waals surface area contributed by atoms with Crippen LogP contribution in [0.15, 0.2) is 47.1 Å². The summed E-state index contributed by atoms with van der Waals surface area (Å²) in [6.45, 7) is 1.63. The predicted molar refractivity (Wildman–Crippen MR) is 87.8 cm³/mol. The van der Waals surface area contributed by atoms with E-state index in [-0.39, 0.29) is 17.8 Å². The molecule has 0 saturated carbocycles. The molecule has 2 aliphatic rings. The predicted octanol–water partition coefficient (Wildman–Crippen LogP) is 3.47. The fraction of sp³-hybridized carbons (Fsp3) is 0.421. The van der Waals surface area contributed by atoms with Crippen molar-refractivity contribution in [3.63, 3.8) is 0 Å². The minimum Gasteiger partial charge on any atom is -0.478 e. The number of nitrogens with zero attached hydrogens (tertiary/aromatic N) is 1. The van der Waals surface area contributed by atoms with Gasteiger partial charge in [0.1, 0.15) is 12.0 Å². The molecule has 0 amide bonds. The van der Waals surface area contributed by atoms with Crippen LogP contribution in [0.4, 0.5) is 0 Å². The van der Waals surface area contributed by atoms with Crippen molar-refractivity contribution in [2.45, 2.75) is 44.1 Å². The summed E-state index contributed by atoms with van der Waals surface area (Å²) in [6, 6.07) is 12.4. The maximum atomic E-state index is 11.0. The molecule has 1 N–H and O–H groups in total. The maximum Gasteiger partial charge on any atom is 0.338 e. The van der Waals surface area contributed by atoms with Crippen molar-refractivity contribution in [3.05, 3.63) is 59.5 Å². The summed E-state index contributed by atoms with van der Waals surface area (Å²) in [5, 5.41) is 9.02. The van der Waals surface area contributed by atoms with Crippen LogP contribution in [-0.2, 0) is 11.3 Å². The van der Waals surface area contributed by atoms with E-state index in [1.54, 1.807) is 6.07 Å². The van der Waals surface area contributed by atoms with Gasteiger partial charge in [-0.1, -0.05) is 30.3 Å². The van der Waals surface area contributed by atoms with Gasteiger partial charge in [-0.3, -0.25) is 4.90 Å². The van der Waals surface area contributed by atoms with E-state index in [4.69, 9.17) is 14.3 Å². The van der Waals surface area contributed by atoms with Gasteiger partial charge in [-0.05, 0) is 37.4 Å². The fourth-order valence-electron chi connectivity index (χ4n) is 3.89. The highest BCUT2D eigenvalue weighted by molar-refractivity contribution is 5.87. The zero-order valence-electron chi connectivity index (χ0n) is 13.4. The molecule has 0 spiro atoms. The number of furan rings is 1. The summed E-state index contributed by atoms with van der Waals surface area (Å²) in [4.78, 5) is 13.4. The van der Waals surface area contributed by atoms with Gasteiger partial charge in [-0.2, -0.15) is 0 Å². The molecule has 4 rings (SSSR count). The Bertz CT molecular complexity index is 711. The standard InChI is InChI=1S/C19H21NO4/c21-19(22)14-9-15(23-12-14)11-20-8-4-7-17-16(20)10-18(24-17)13-5-2-1-3-6-13/h1-3,5-6,9,12,16-18H,4,7-8,10-11H2,(H,21,22)/t16-,17-,18-/m0/s1. The summed E-state index contributed by atoms with van der Waals surface area (Å²) in [5.41, 5.74) is 1.45. The van der Waals surface area contributed by atoms with E-state index in [9.17, 15) is 4.79 Å². The van der Waals surface area contributed by atoms with E-state index in [1.165, 1.54) is 11.8 Å². The average Bonchev–Trinajstić information content (AvgIpc) is 3.23. The number of aromatic carboxylic acids is 1. The number of hydrogen-bond donors (Lipinski definition) is 1. The third-order valence-corrected chi connectivity index (χ3v) is 5.06. The first-order chi connectivity index (χ1) is 11.7. The molecule has 5 nitrogen and oxygen atoms in total. The van der Waals surface area contributed by atoms with Crippen LogP contribution in [0, 0.1) is 0 Å². The van der Waals surface area contributed by atoms with Crippen LogP contribution >= 0.6 is 0 Å². The second kappa shape index (κ2) is 6.42. The molecule has 5 heteroatoms. The Hall–Kier alpha value is -2.11. The lowest BCUT2D eigenvalue weighted by Crippen LogP contribution is -2.44. The molecule has 2 aromatic rings. The molecule has 2 fully saturated rings. The number of fused-ring (bicyclic) bond motifs is 1. The first-order valence-corrected chi connectivity index (χ1v) is 8.46. The molecule has 3 heterocycles. The third-order valence-electron chi connectivity index (χ3n) is 5.06. The lowest BCUT2D eigenvalue weighted by molar-refractivity contribution is -0.00712. The molecule has 1 aromatic heterocycles. The van der Waals surface area contributed by atoms with Crippen LogP contribution in [0.2, 0.25) is 0 Å². The quantitative estimate of drug-likeness (QED) is 0.931. The van der Waals surface area contributed by atoms with Gasteiger partial charge in [-0.25, -0.2) is 4.79 Å². The van der Waals surface area contributed by atoms with Crippen LogP contribution in [0.5, 0.6) is 0 Å². The van der Waals surface area contributed by atoms with Crippen molar-refractivity contribution in [2.75, 3.05) is 6.54 Å². The largest absolute Gasteiger partial charge is 0.478 e. The number of piperidine rings is 1. The van der Waals surface area contributed by atoms with Crippen LogP contribution in [0.25, 0.3) is 0 Å². The number of ether oxygens (including phenoxy) is 1. The SMILES string of the molecule is O=C(O)c1coc(CN2CCC[C@@H]3O[C@H](c4ccccc4)C[C@@H]32)c1. The number of carboxylic acids is 1. The Balaban J connectivity index is 1.47. The van der Waals surface area contributed by atoms with Crippen LogP contribution in [0.1, 0.15) is 47.0 Å². The third kappa shape index (κ3) is 2.97.